The van der Waals surface area contributed by atoms with Gasteiger partial charge >= 0.3 is 0 Å². The van der Waals surface area contributed by atoms with Gasteiger partial charge in [-0.1, -0.05) is 6.07 Å². The Kier molecular flexibility index (Phi) is 5.90. The maximum absolute atomic E-state index is 13.2. The van der Waals surface area contributed by atoms with E-state index in [4.69, 9.17) is 9.15 Å². The zero-order valence-electron chi connectivity index (χ0n) is 19.2. The highest BCUT2D eigenvalue weighted by Crippen LogP contribution is 2.26. The molecule has 4 heterocycles. The molecule has 1 aliphatic heterocycles. The summed E-state index contributed by atoms with van der Waals surface area (Å²) in [7, 11) is 1.58. The van der Waals surface area contributed by atoms with Gasteiger partial charge in [0.2, 0.25) is 0 Å². The van der Waals surface area contributed by atoms with E-state index in [1.54, 1.807) is 19.2 Å². The number of benzene rings is 1. The van der Waals surface area contributed by atoms with Crippen LogP contribution in [-0.2, 0) is 30.9 Å². The molecule has 3 aromatic heterocycles. The molecule has 2 amide bonds. The van der Waals surface area contributed by atoms with Crippen molar-refractivity contribution < 1.29 is 18.7 Å². The minimum Gasteiger partial charge on any atom is -0.453 e. The fraction of sp³-hybridized carbons (Fsp3) is 0.269. The molecule has 0 unspecified atom stereocenters. The van der Waals surface area contributed by atoms with Gasteiger partial charge in [-0.2, -0.15) is 0 Å². The summed E-state index contributed by atoms with van der Waals surface area (Å²) in [6, 6.07) is 11.1. The van der Waals surface area contributed by atoms with Crippen LogP contribution in [0.25, 0.3) is 10.9 Å². The van der Waals surface area contributed by atoms with Gasteiger partial charge in [-0.3, -0.25) is 14.6 Å². The first-order valence-corrected chi connectivity index (χ1v) is 11.2. The molecular weight excluding hydrogens is 432 g/mol. The molecule has 1 aliphatic rings. The second-order valence-electron chi connectivity index (χ2n) is 8.46. The van der Waals surface area contributed by atoms with E-state index in [-0.39, 0.29) is 17.6 Å². The fourth-order valence-corrected chi connectivity index (χ4v) is 4.47. The molecule has 8 nitrogen and oxygen atoms in total. The SMILES string of the molecule is COCc1ccc(C(=O)NCc2c(C)ncc3c2CCN(C(=O)c2ccc4cc[nH]c4c2)C3)o1. The van der Waals surface area contributed by atoms with E-state index < -0.39 is 0 Å². The molecule has 0 atom stereocenters. The van der Waals surface area contributed by atoms with Gasteiger partial charge in [0.1, 0.15) is 12.4 Å². The number of carbonyl (C=O) groups excluding carboxylic acids is 2. The van der Waals surface area contributed by atoms with Crippen molar-refractivity contribution in [3.05, 3.63) is 88.3 Å². The van der Waals surface area contributed by atoms with Gasteiger partial charge in [0.25, 0.3) is 11.8 Å². The van der Waals surface area contributed by atoms with E-state index in [0.29, 0.717) is 44.0 Å². The van der Waals surface area contributed by atoms with E-state index in [9.17, 15) is 9.59 Å². The van der Waals surface area contributed by atoms with Gasteiger partial charge in [0, 0.05) is 55.9 Å². The Balaban J connectivity index is 1.30. The van der Waals surface area contributed by atoms with Crippen molar-refractivity contribution in [1.29, 1.82) is 0 Å². The van der Waals surface area contributed by atoms with Crippen LogP contribution in [0.4, 0.5) is 0 Å². The van der Waals surface area contributed by atoms with Crippen molar-refractivity contribution in [2.45, 2.75) is 33.0 Å². The van der Waals surface area contributed by atoms with Crippen LogP contribution < -0.4 is 5.32 Å². The molecule has 1 aromatic carbocycles. The molecule has 0 bridgehead atoms. The van der Waals surface area contributed by atoms with Crippen LogP contribution in [0, 0.1) is 6.92 Å². The van der Waals surface area contributed by atoms with E-state index in [2.05, 4.69) is 15.3 Å². The summed E-state index contributed by atoms with van der Waals surface area (Å²) in [5, 5.41) is 4.02. The van der Waals surface area contributed by atoms with Crippen LogP contribution in [0.3, 0.4) is 0 Å². The molecule has 0 spiro atoms. The first-order valence-electron chi connectivity index (χ1n) is 11.2. The number of furan rings is 1. The Morgan fingerprint density at radius 2 is 2.12 bits per heavy atom. The van der Waals surface area contributed by atoms with Crippen LogP contribution in [0.2, 0.25) is 0 Å². The number of pyridine rings is 1. The van der Waals surface area contributed by atoms with Gasteiger partial charge in [0.15, 0.2) is 5.76 Å². The zero-order chi connectivity index (χ0) is 23.7. The first-order chi connectivity index (χ1) is 16.5. The second kappa shape index (κ2) is 9.15. The number of methoxy groups -OCH3 is 1. The number of hydrogen-bond donors (Lipinski definition) is 2. The average Bonchev–Trinajstić information content (AvgIpc) is 3.52. The lowest BCUT2D eigenvalue weighted by Crippen LogP contribution is -2.37. The number of hydrogen-bond acceptors (Lipinski definition) is 5. The third-order valence-electron chi connectivity index (χ3n) is 6.28. The van der Waals surface area contributed by atoms with Gasteiger partial charge in [-0.05, 0) is 65.8 Å². The lowest BCUT2D eigenvalue weighted by atomic mass is 9.94. The minimum absolute atomic E-state index is 0.00209. The van der Waals surface area contributed by atoms with Gasteiger partial charge in [0.05, 0.1) is 0 Å². The molecule has 0 fully saturated rings. The summed E-state index contributed by atoms with van der Waals surface area (Å²) in [5.41, 5.74) is 5.64. The predicted octanol–water partition coefficient (Wildman–Crippen LogP) is 3.74. The highest BCUT2D eigenvalue weighted by molar-refractivity contribution is 5.98. The highest BCUT2D eigenvalue weighted by atomic mass is 16.5. The Hall–Kier alpha value is -3.91. The van der Waals surface area contributed by atoms with E-state index >= 15 is 0 Å². The Morgan fingerprint density at radius 1 is 1.24 bits per heavy atom. The Morgan fingerprint density at radius 3 is 2.97 bits per heavy atom. The largest absolute Gasteiger partial charge is 0.453 e. The molecule has 0 saturated heterocycles. The summed E-state index contributed by atoms with van der Waals surface area (Å²) in [6.45, 7) is 3.70. The molecule has 4 aromatic rings. The normalized spacial score (nSPS) is 13.2. The Bertz CT molecular complexity index is 1370. The molecule has 5 rings (SSSR count). The number of amides is 2. The van der Waals surface area contributed by atoms with Crippen molar-refractivity contribution in [3.63, 3.8) is 0 Å². The number of H-pyrrole nitrogens is 1. The van der Waals surface area contributed by atoms with E-state index in [1.165, 1.54) is 0 Å². The van der Waals surface area contributed by atoms with Crippen LogP contribution in [0.15, 0.2) is 53.2 Å². The summed E-state index contributed by atoms with van der Waals surface area (Å²) in [6.07, 6.45) is 4.42. The van der Waals surface area contributed by atoms with Crippen molar-refractivity contribution in [2.24, 2.45) is 0 Å². The number of fused-ring (bicyclic) bond motifs is 2. The number of nitrogens with one attached hydrogen (secondary N) is 2. The van der Waals surface area contributed by atoms with Crippen molar-refractivity contribution >= 4 is 22.7 Å². The molecular formula is C26H26N4O4. The second-order valence-corrected chi connectivity index (χ2v) is 8.46. The quantitative estimate of drug-likeness (QED) is 0.459. The minimum atomic E-state index is -0.285. The average molecular weight is 459 g/mol. The van der Waals surface area contributed by atoms with Crippen molar-refractivity contribution in [2.75, 3.05) is 13.7 Å². The van der Waals surface area contributed by atoms with E-state index in [0.717, 1.165) is 33.3 Å². The number of carbonyl (C=O) groups is 2. The molecule has 0 saturated carbocycles. The third kappa shape index (κ3) is 4.20. The van der Waals surface area contributed by atoms with Crippen LogP contribution in [-0.4, -0.2) is 40.3 Å². The lowest BCUT2D eigenvalue weighted by Gasteiger charge is -2.30. The smallest absolute Gasteiger partial charge is 0.287 e. The third-order valence-corrected chi connectivity index (χ3v) is 6.28. The van der Waals surface area contributed by atoms with Crippen LogP contribution in [0.5, 0.6) is 0 Å². The lowest BCUT2D eigenvalue weighted by molar-refractivity contribution is 0.0734. The van der Waals surface area contributed by atoms with Crippen LogP contribution in [0.1, 0.15) is 49.1 Å². The van der Waals surface area contributed by atoms with Gasteiger partial charge in [-0.15, -0.1) is 0 Å². The number of nitrogens with zero attached hydrogens (tertiary/aromatic N) is 2. The summed E-state index contributed by atoms with van der Waals surface area (Å²) in [4.78, 5) is 35.3. The maximum Gasteiger partial charge on any atom is 0.287 e. The highest BCUT2D eigenvalue weighted by Gasteiger charge is 2.25. The monoisotopic (exact) mass is 458 g/mol. The van der Waals surface area contributed by atoms with Crippen molar-refractivity contribution in [3.8, 4) is 0 Å². The van der Waals surface area contributed by atoms with Crippen molar-refractivity contribution in [1.82, 2.24) is 20.2 Å². The molecule has 0 radical (unpaired) electrons. The van der Waals surface area contributed by atoms with E-state index in [1.807, 2.05) is 48.5 Å². The standard InChI is InChI=1S/C26H26N4O4/c1-16-22(13-29-25(31)24-6-5-20(34-24)15-33-2)21-8-10-30(14-19(21)12-28-16)26(32)18-4-3-17-7-9-27-23(17)11-18/h3-7,9,11-12,27H,8,10,13-15H2,1-2H3,(H,29,31). The molecule has 8 heteroatoms. The molecule has 174 valence electrons. The molecule has 0 aliphatic carbocycles. The fourth-order valence-electron chi connectivity index (χ4n) is 4.47. The Labute approximate surface area is 196 Å². The molecule has 34 heavy (non-hydrogen) atoms. The summed E-state index contributed by atoms with van der Waals surface area (Å²) in [5.74, 6) is 0.565. The number of aromatic amines is 1. The first kappa shape index (κ1) is 21.9. The molecule has 2 N–H and O–H groups in total. The zero-order valence-corrected chi connectivity index (χ0v) is 19.2. The summed E-state index contributed by atoms with van der Waals surface area (Å²) >= 11 is 0. The van der Waals surface area contributed by atoms with Gasteiger partial charge < -0.3 is 24.4 Å². The van der Waals surface area contributed by atoms with Crippen LogP contribution >= 0.6 is 0 Å². The topological polar surface area (TPSA) is 100 Å². The van der Waals surface area contributed by atoms with Gasteiger partial charge in [-0.25, -0.2) is 0 Å². The number of ether oxygens (including phenoxy) is 1. The number of aryl methyl sites for hydroxylation is 1. The summed E-state index contributed by atoms with van der Waals surface area (Å²) < 4.78 is 10.6. The maximum atomic E-state index is 13.2. The number of aromatic nitrogens is 2. The predicted molar refractivity (Wildman–Crippen MR) is 126 cm³/mol. The number of rotatable bonds is 6.